The monoisotopic (exact) mass is 399 g/mol. The number of esters is 1. The van der Waals surface area contributed by atoms with Crippen LogP contribution in [-0.4, -0.2) is 36.6 Å². The fourth-order valence-electron chi connectivity index (χ4n) is 3.65. The first-order valence-corrected chi connectivity index (χ1v) is 9.88. The van der Waals surface area contributed by atoms with Gasteiger partial charge < -0.3 is 9.64 Å². The molecular formula is C24H30ClNO2. The summed E-state index contributed by atoms with van der Waals surface area (Å²) in [6.45, 7) is 6.56. The number of carbonyl (C=O) groups excluding carboxylic acids is 1. The average Bonchev–Trinajstić information content (AvgIpc) is 2.69. The minimum Gasteiger partial charge on any atom is -0.463 e. The maximum atomic E-state index is 11.8. The molecule has 0 spiro atoms. The summed E-state index contributed by atoms with van der Waals surface area (Å²) >= 11 is 0. The smallest absolute Gasteiger partial charge is 0.307 e. The van der Waals surface area contributed by atoms with Gasteiger partial charge in [-0.15, -0.1) is 12.4 Å². The Balaban J connectivity index is 0.00000280. The number of hydrogen-bond acceptors (Lipinski definition) is 3. The van der Waals surface area contributed by atoms with Crippen molar-refractivity contribution in [1.29, 1.82) is 0 Å². The maximum absolute atomic E-state index is 11.8. The largest absolute Gasteiger partial charge is 0.463 e. The molecule has 4 heteroatoms. The molecule has 1 saturated heterocycles. The van der Waals surface area contributed by atoms with Gasteiger partial charge in [-0.05, 0) is 43.4 Å². The quantitative estimate of drug-likeness (QED) is 0.613. The number of halogens is 1. The fourth-order valence-corrected chi connectivity index (χ4v) is 3.65. The molecule has 0 N–H and O–H groups in total. The summed E-state index contributed by atoms with van der Waals surface area (Å²) in [5, 5.41) is 0. The van der Waals surface area contributed by atoms with E-state index in [1.165, 1.54) is 22.3 Å². The highest BCUT2D eigenvalue weighted by Gasteiger charge is 2.19. The van der Waals surface area contributed by atoms with E-state index in [-0.39, 0.29) is 24.5 Å². The molecule has 28 heavy (non-hydrogen) atoms. The van der Waals surface area contributed by atoms with Crippen LogP contribution in [0, 0.1) is 0 Å². The Kier molecular flexibility index (Phi) is 8.75. The van der Waals surface area contributed by atoms with Gasteiger partial charge in [-0.2, -0.15) is 0 Å². The van der Waals surface area contributed by atoms with Gasteiger partial charge >= 0.3 is 5.97 Å². The number of nitrogens with zero attached hydrogens (tertiary/aromatic N) is 1. The summed E-state index contributed by atoms with van der Waals surface area (Å²) in [6, 6.07) is 21.3. The number of hydrogen-bond donors (Lipinski definition) is 0. The number of carbonyl (C=O) groups is 1. The molecule has 3 nitrogen and oxygen atoms in total. The maximum Gasteiger partial charge on any atom is 0.307 e. The van der Waals surface area contributed by atoms with E-state index in [1.54, 1.807) is 0 Å². The van der Waals surface area contributed by atoms with Crippen molar-refractivity contribution in [1.82, 2.24) is 4.90 Å². The van der Waals surface area contributed by atoms with Crippen LogP contribution in [0.5, 0.6) is 0 Å². The molecule has 2 aromatic rings. The van der Waals surface area contributed by atoms with Crippen LogP contribution in [-0.2, 0) is 9.53 Å². The SMILES string of the molecule is CC(C)OC(=O)CCN1CCC(=C(c2ccccc2)c2ccccc2)CC1.Cl. The third kappa shape index (κ3) is 6.22. The van der Waals surface area contributed by atoms with Gasteiger partial charge in [-0.1, -0.05) is 66.2 Å². The molecule has 2 aromatic carbocycles. The van der Waals surface area contributed by atoms with Crippen molar-refractivity contribution in [3.63, 3.8) is 0 Å². The van der Waals surface area contributed by atoms with Crippen molar-refractivity contribution in [2.24, 2.45) is 0 Å². The first-order chi connectivity index (χ1) is 13.1. The molecule has 1 aliphatic heterocycles. The molecule has 0 amide bonds. The van der Waals surface area contributed by atoms with Crippen molar-refractivity contribution >= 4 is 23.9 Å². The van der Waals surface area contributed by atoms with E-state index in [0.29, 0.717) is 6.42 Å². The Morgan fingerprint density at radius 1 is 0.929 bits per heavy atom. The second kappa shape index (κ2) is 11.0. The lowest BCUT2D eigenvalue weighted by atomic mass is 9.88. The van der Waals surface area contributed by atoms with Crippen molar-refractivity contribution in [2.45, 2.75) is 39.2 Å². The lowest BCUT2D eigenvalue weighted by Gasteiger charge is -2.30. The number of benzene rings is 2. The predicted molar refractivity (Wildman–Crippen MR) is 118 cm³/mol. The highest BCUT2D eigenvalue weighted by atomic mass is 35.5. The number of likely N-dealkylation sites (tertiary alicyclic amines) is 1. The predicted octanol–water partition coefficient (Wildman–Crippen LogP) is 5.35. The molecular weight excluding hydrogens is 370 g/mol. The summed E-state index contributed by atoms with van der Waals surface area (Å²) in [6.07, 6.45) is 2.52. The molecule has 0 atom stereocenters. The molecule has 1 heterocycles. The first kappa shape index (κ1) is 22.2. The Bertz CT molecular complexity index is 720. The van der Waals surface area contributed by atoms with Gasteiger partial charge in [0, 0.05) is 19.6 Å². The molecule has 0 unspecified atom stereocenters. The Morgan fingerprint density at radius 3 is 1.89 bits per heavy atom. The van der Waals surface area contributed by atoms with Crippen molar-refractivity contribution in [2.75, 3.05) is 19.6 Å². The zero-order chi connectivity index (χ0) is 19.1. The molecule has 3 rings (SSSR count). The molecule has 0 saturated carbocycles. The van der Waals surface area contributed by atoms with Crippen LogP contribution in [0.3, 0.4) is 0 Å². The van der Waals surface area contributed by atoms with Gasteiger partial charge in [-0.25, -0.2) is 0 Å². The van der Waals surface area contributed by atoms with Crippen LogP contribution in [0.2, 0.25) is 0 Å². The van der Waals surface area contributed by atoms with E-state index in [9.17, 15) is 4.79 Å². The Morgan fingerprint density at radius 2 is 1.43 bits per heavy atom. The first-order valence-electron chi connectivity index (χ1n) is 9.88. The highest BCUT2D eigenvalue weighted by molar-refractivity contribution is 5.85. The zero-order valence-electron chi connectivity index (χ0n) is 16.8. The van der Waals surface area contributed by atoms with Crippen molar-refractivity contribution in [3.05, 3.63) is 77.4 Å². The molecule has 150 valence electrons. The molecule has 1 aliphatic rings. The normalized spacial score (nSPS) is 14.5. The summed E-state index contributed by atoms with van der Waals surface area (Å²) in [7, 11) is 0. The van der Waals surface area contributed by atoms with Gasteiger partial charge in [0.2, 0.25) is 0 Å². The van der Waals surface area contributed by atoms with Crippen LogP contribution < -0.4 is 0 Å². The van der Waals surface area contributed by atoms with Gasteiger partial charge in [-0.3, -0.25) is 4.79 Å². The molecule has 1 fully saturated rings. The number of rotatable bonds is 6. The molecule has 0 aliphatic carbocycles. The van der Waals surface area contributed by atoms with E-state index in [1.807, 2.05) is 13.8 Å². The van der Waals surface area contributed by atoms with Gasteiger partial charge in [0.05, 0.1) is 12.5 Å². The molecule has 0 aromatic heterocycles. The molecule has 0 radical (unpaired) electrons. The van der Waals surface area contributed by atoms with Crippen molar-refractivity contribution < 1.29 is 9.53 Å². The zero-order valence-corrected chi connectivity index (χ0v) is 17.6. The fraction of sp³-hybridized carbons (Fsp3) is 0.375. The van der Waals surface area contributed by atoms with Crippen LogP contribution in [0.4, 0.5) is 0 Å². The lowest BCUT2D eigenvalue weighted by molar-refractivity contribution is -0.147. The number of piperidine rings is 1. The summed E-state index contributed by atoms with van der Waals surface area (Å²) < 4.78 is 5.24. The van der Waals surface area contributed by atoms with Gasteiger partial charge in [0.1, 0.15) is 0 Å². The molecule has 0 bridgehead atoms. The Hall–Kier alpha value is -2.10. The minimum atomic E-state index is -0.0967. The standard InChI is InChI=1S/C24H29NO2.ClH/c1-19(2)27-23(26)15-18-25-16-13-22(14-17-25)24(20-9-5-3-6-10-20)21-11-7-4-8-12-21;/h3-12,19H,13-18H2,1-2H3;1H. The second-order valence-electron chi connectivity index (χ2n) is 7.34. The number of ether oxygens (including phenoxy) is 1. The Labute approximate surface area is 174 Å². The minimum absolute atomic E-state index is 0. The lowest BCUT2D eigenvalue weighted by Crippen LogP contribution is -2.33. The van der Waals surface area contributed by atoms with Crippen molar-refractivity contribution in [3.8, 4) is 0 Å². The third-order valence-electron chi connectivity index (χ3n) is 4.94. The van der Waals surface area contributed by atoms with Gasteiger partial charge in [0.25, 0.3) is 0 Å². The van der Waals surface area contributed by atoms with Crippen LogP contribution in [0.25, 0.3) is 5.57 Å². The highest BCUT2D eigenvalue weighted by Crippen LogP contribution is 2.32. The van der Waals surface area contributed by atoms with Gasteiger partial charge in [0.15, 0.2) is 0 Å². The van der Waals surface area contributed by atoms with E-state index >= 15 is 0 Å². The van der Waals surface area contributed by atoms with Crippen LogP contribution in [0.1, 0.15) is 44.2 Å². The average molecular weight is 400 g/mol. The van der Waals surface area contributed by atoms with E-state index in [0.717, 1.165) is 32.5 Å². The van der Waals surface area contributed by atoms with Crippen LogP contribution in [0.15, 0.2) is 66.2 Å². The second-order valence-corrected chi connectivity index (χ2v) is 7.34. The topological polar surface area (TPSA) is 29.5 Å². The summed E-state index contributed by atoms with van der Waals surface area (Å²) in [4.78, 5) is 14.2. The van der Waals surface area contributed by atoms with E-state index in [2.05, 4.69) is 65.6 Å². The third-order valence-corrected chi connectivity index (χ3v) is 4.94. The van der Waals surface area contributed by atoms with Crippen LogP contribution >= 0.6 is 12.4 Å². The van der Waals surface area contributed by atoms with E-state index in [4.69, 9.17) is 4.74 Å². The summed E-state index contributed by atoms with van der Waals surface area (Å²) in [5.74, 6) is -0.0967. The summed E-state index contributed by atoms with van der Waals surface area (Å²) in [5.41, 5.74) is 5.45. The van der Waals surface area contributed by atoms with E-state index < -0.39 is 0 Å².